The fourth-order valence-corrected chi connectivity index (χ4v) is 3.03. The maximum Gasteiger partial charge on any atom is 0.146 e. The van der Waals surface area contributed by atoms with Crippen molar-refractivity contribution in [2.45, 2.75) is 37.5 Å². The van der Waals surface area contributed by atoms with Gasteiger partial charge in [-0.3, -0.25) is 0 Å². The molecule has 0 aromatic heterocycles. The van der Waals surface area contributed by atoms with E-state index in [0.717, 1.165) is 0 Å². The zero-order chi connectivity index (χ0) is 8.81. The molecule has 1 aliphatic rings. The lowest BCUT2D eigenvalue weighted by molar-refractivity contribution is -0.0706. The van der Waals surface area contributed by atoms with Gasteiger partial charge in [-0.25, -0.2) is 0 Å². The van der Waals surface area contributed by atoms with Gasteiger partial charge in [-0.15, -0.1) is 0 Å². The highest BCUT2D eigenvalue weighted by Crippen LogP contribution is 2.32. The molecule has 3 heteroatoms. The van der Waals surface area contributed by atoms with Crippen LogP contribution >= 0.6 is 11.8 Å². The molecule has 1 fully saturated rings. The predicted octanol–water partition coefficient (Wildman–Crippen LogP) is 2.28. The van der Waals surface area contributed by atoms with Crippen LogP contribution in [0.2, 0.25) is 0 Å². The van der Waals surface area contributed by atoms with E-state index in [1.165, 1.54) is 25.0 Å². The Labute approximate surface area is 79.0 Å². The summed E-state index contributed by atoms with van der Waals surface area (Å²) in [4.78, 5) is 0. The van der Waals surface area contributed by atoms with Crippen molar-refractivity contribution < 1.29 is 9.47 Å². The van der Waals surface area contributed by atoms with Gasteiger partial charge in [-0.05, 0) is 18.6 Å². The maximum atomic E-state index is 5.57. The van der Waals surface area contributed by atoms with Crippen molar-refractivity contribution in [1.82, 2.24) is 0 Å². The highest BCUT2D eigenvalue weighted by molar-refractivity contribution is 8.00. The quantitative estimate of drug-likeness (QED) is 0.620. The van der Waals surface area contributed by atoms with E-state index in [0.29, 0.717) is 18.1 Å². The lowest BCUT2D eigenvalue weighted by Crippen LogP contribution is -2.22. The second-order valence-electron chi connectivity index (χ2n) is 3.10. The summed E-state index contributed by atoms with van der Waals surface area (Å²) in [6.07, 6.45) is 4.16. The zero-order valence-corrected chi connectivity index (χ0v) is 8.73. The molecule has 0 unspecified atom stereocenters. The summed E-state index contributed by atoms with van der Waals surface area (Å²) in [5, 5.41) is 0.713. The third-order valence-corrected chi connectivity index (χ3v) is 3.56. The minimum absolute atomic E-state index is 0.440. The first-order chi connectivity index (χ1) is 5.88. The minimum Gasteiger partial charge on any atom is -0.359 e. The molecule has 0 saturated carbocycles. The first-order valence-corrected chi connectivity index (χ1v) is 5.65. The van der Waals surface area contributed by atoms with Crippen LogP contribution in [0.3, 0.4) is 0 Å². The average molecular weight is 190 g/mol. The summed E-state index contributed by atoms with van der Waals surface area (Å²) in [6, 6.07) is 0. The fourth-order valence-electron chi connectivity index (χ4n) is 1.53. The Morgan fingerprint density at radius 3 is 3.00 bits per heavy atom. The van der Waals surface area contributed by atoms with Crippen LogP contribution in [-0.4, -0.2) is 31.0 Å². The number of hydrogen-bond acceptors (Lipinski definition) is 3. The normalized spacial score (nSPS) is 29.5. The van der Waals surface area contributed by atoms with Crippen LogP contribution in [0.1, 0.15) is 26.2 Å². The molecule has 0 aromatic carbocycles. The molecule has 0 radical (unpaired) electrons. The Morgan fingerprint density at radius 2 is 2.33 bits per heavy atom. The summed E-state index contributed by atoms with van der Waals surface area (Å²) >= 11 is 2.04. The van der Waals surface area contributed by atoms with Crippen LogP contribution in [0.15, 0.2) is 0 Å². The highest BCUT2D eigenvalue weighted by atomic mass is 32.2. The summed E-state index contributed by atoms with van der Waals surface area (Å²) < 4.78 is 10.5. The van der Waals surface area contributed by atoms with E-state index >= 15 is 0 Å². The van der Waals surface area contributed by atoms with Crippen LogP contribution in [0.5, 0.6) is 0 Å². The fraction of sp³-hybridized carbons (Fsp3) is 1.00. The Morgan fingerprint density at radius 1 is 1.50 bits per heavy atom. The standard InChI is InChI=1S/C9H18O2S/c1-3-4-9-8(5-6-12-9)11-7-10-2/h8-9H,3-7H2,1-2H3/t8-,9-/m0/s1. The molecule has 2 nitrogen and oxygen atoms in total. The van der Waals surface area contributed by atoms with Crippen LogP contribution in [0.4, 0.5) is 0 Å². The van der Waals surface area contributed by atoms with E-state index in [2.05, 4.69) is 6.92 Å². The first-order valence-electron chi connectivity index (χ1n) is 4.60. The molecule has 12 heavy (non-hydrogen) atoms. The largest absolute Gasteiger partial charge is 0.359 e. The number of thioether (sulfide) groups is 1. The van der Waals surface area contributed by atoms with Crippen molar-refractivity contribution in [2.24, 2.45) is 0 Å². The van der Waals surface area contributed by atoms with Gasteiger partial charge in [-0.2, -0.15) is 11.8 Å². The van der Waals surface area contributed by atoms with Crippen molar-refractivity contribution in [3.05, 3.63) is 0 Å². The Balaban J connectivity index is 2.20. The van der Waals surface area contributed by atoms with Crippen molar-refractivity contribution in [1.29, 1.82) is 0 Å². The van der Waals surface area contributed by atoms with Gasteiger partial charge in [0.2, 0.25) is 0 Å². The van der Waals surface area contributed by atoms with E-state index < -0.39 is 0 Å². The number of rotatable bonds is 5. The number of hydrogen-bond donors (Lipinski definition) is 0. The summed E-state index contributed by atoms with van der Waals surface area (Å²) in [5.41, 5.74) is 0. The lowest BCUT2D eigenvalue weighted by atomic mass is 10.1. The monoisotopic (exact) mass is 190 g/mol. The molecule has 0 aromatic rings. The van der Waals surface area contributed by atoms with Gasteiger partial charge in [0.1, 0.15) is 6.79 Å². The Bertz CT molecular complexity index is 119. The second-order valence-corrected chi connectivity index (χ2v) is 4.45. The molecule has 2 atom stereocenters. The molecule has 0 amide bonds. The topological polar surface area (TPSA) is 18.5 Å². The van der Waals surface area contributed by atoms with E-state index in [-0.39, 0.29) is 0 Å². The van der Waals surface area contributed by atoms with Gasteiger partial charge in [0.05, 0.1) is 6.10 Å². The average Bonchev–Trinajstić information content (AvgIpc) is 2.50. The Hall–Kier alpha value is 0.270. The van der Waals surface area contributed by atoms with Crippen LogP contribution in [0.25, 0.3) is 0 Å². The van der Waals surface area contributed by atoms with Gasteiger partial charge in [0.15, 0.2) is 0 Å². The minimum atomic E-state index is 0.440. The highest BCUT2D eigenvalue weighted by Gasteiger charge is 2.27. The second kappa shape index (κ2) is 5.84. The van der Waals surface area contributed by atoms with Crippen molar-refractivity contribution in [3.63, 3.8) is 0 Å². The molecular formula is C9H18O2S. The molecule has 1 aliphatic heterocycles. The third-order valence-electron chi connectivity index (χ3n) is 2.12. The number of methoxy groups -OCH3 is 1. The molecule has 0 aliphatic carbocycles. The predicted molar refractivity (Wildman–Crippen MR) is 52.5 cm³/mol. The molecule has 0 bridgehead atoms. The molecule has 0 N–H and O–H groups in total. The van der Waals surface area contributed by atoms with Crippen LogP contribution in [0, 0.1) is 0 Å². The van der Waals surface area contributed by atoms with Crippen molar-refractivity contribution in [3.8, 4) is 0 Å². The SMILES string of the molecule is CCC[C@@H]1SCC[C@@H]1OCOC. The molecule has 1 saturated heterocycles. The van der Waals surface area contributed by atoms with Gasteiger partial charge in [0.25, 0.3) is 0 Å². The third kappa shape index (κ3) is 2.96. The lowest BCUT2D eigenvalue weighted by Gasteiger charge is -2.17. The maximum absolute atomic E-state index is 5.57. The van der Waals surface area contributed by atoms with Gasteiger partial charge in [-0.1, -0.05) is 13.3 Å². The summed E-state index contributed by atoms with van der Waals surface area (Å²) in [5.74, 6) is 1.25. The molecule has 0 spiro atoms. The van der Waals surface area contributed by atoms with E-state index in [4.69, 9.17) is 9.47 Å². The summed E-state index contributed by atoms with van der Waals surface area (Å²) in [7, 11) is 1.68. The van der Waals surface area contributed by atoms with Crippen LogP contribution in [-0.2, 0) is 9.47 Å². The van der Waals surface area contributed by atoms with E-state index in [1.54, 1.807) is 7.11 Å². The molecular weight excluding hydrogens is 172 g/mol. The molecule has 1 rings (SSSR count). The number of ether oxygens (including phenoxy) is 2. The molecule has 1 heterocycles. The van der Waals surface area contributed by atoms with Gasteiger partial charge >= 0.3 is 0 Å². The van der Waals surface area contributed by atoms with E-state index in [1.807, 2.05) is 11.8 Å². The van der Waals surface area contributed by atoms with Gasteiger partial charge in [0, 0.05) is 12.4 Å². The Kier molecular flexibility index (Phi) is 5.04. The van der Waals surface area contributed by atoms with E-state index in [9.17, 15) is 0 Å². The summed E-state index contributed by atoms with van der Waals surface area (Å²) in [6.45, 7) is 2.68. The van der Waals surface area contributed by atoms with Crippen molar-refractivity contribution >= 4 is 11.8 Å². The van der Waals surface area contributed by atoms with Crippen LogP contribution < -0.4 is 0 Å². The van der Waals surface area contributed by atoms with Crippen molar-refractivity contribution in [2.75, 3.05) is 19.7 Å². The smallest absolute Gasteiger partial charge is 0.146 e. The molecule has 72 valence electrons. The first kappa shape index (κ1) is 10.4. The van der Waals surface area contributed by atoms with Gasteiger partial charge < -0.3 is 9.47 Å². The zero-order valence-electron chi connectivity index (χ0n) is 7.91.